The lowest BCUT2D eigenvalue weighted by Gasteiger charge is -2.38. The molecule has 2 aromatic rings. The minimum Gasteiger partial charge on any atom is -0.467 e. The molecule has 1 aromatic carbocycles. The molecule has 1 saturated heterocycles. The highest BCUT2D eigenvalue weighted by molar-refractivity contribution is 7.89. The van der Waals surface area contributed by atoms with Crippen molar-refractivity contribution in [3.05, 3.63) is 60.1 Å². The summed E-state index contributed by atoms with van der Waals surface area (Å²) in [5, 5.41) is 0. The van der Waals surface area contributed by atoms with Crippen molar-refractivity contribution in [1.82, 2.24) is 9.21 Å². The van der Waals surface area contributed by atoms with Gasteiger partial charge < -0.3 is 14.1 Å². The van der Waals surface area contributed by atoms with Crippen LogP contribution in [0.4, 0.5) is 0 Å². The van der Waals surface area contributed by atoms with E-state index >= 15 is 0 Å². The molecule has 0 N–H and O–H groups in total. The molecule has 0 spiro atoms. The second-order valence-corrected chi connectivity index (χ2v) is 13.6. The van der Waals surface area contributed by atoms with E-state index in [9.17, 15) is 18.0 Å². The van der Waals surface area contributed by atoms with Gasteiger partial charge in [0.25, 0.3) is 0 Å². The molecule has 2 heterocycles. The number of rotatable bonds is 11. The van der Waals surface area contributed by atoms with Crippen LogP contribution in [-0.4, -0.2) is 60.9 Å². The van der Waals surface area contributed by atoms with E-state index in [0.717, 1.165) is 24.8 Å². The van der Waals surface area contributed by atoms with Crippen LogP contribution in [0.15, 0.2) is 53.1 Å². The molecular weight excluding hydrogens is 504 g/mol. The van der Waals surface area contributed by atoms with E-state index < -0.39 is 15.4 Å². The second-order valence-electron chi connectivity index (χ2n) is 11.7. The minimum absolute atomic E-state index is 0.0502. The van der Waals surface area contributed by atoms with Gasteiger partial charge >= 0.3 is 0 Å². The third-order valence-corrected chi connectivity index (χ3v) is 11.1. The first kappa shape index (κ1) is 27.1. The summed E-state index contributed by atoms with van der Waals surface area (Å²) in [6.07, 6.45) is 4.81. The summed E-state index contributed by atoms with van der Waals surface area (Å²) in [7, 11) is -3.94. The van der Waals surface area contributed by atoms with Crippen LogP contribution in [-0.2, 0) is 37.4 Å². The lowest BCUT2D eigenvalue weighted by atomic mass is 9.70. The summed E-state index contributed by atoms with van der Waals surface area (Å²) in [6.45, 7) is 5.02. The Bertz CT molecular complexity index is 1240. The standard InChI is InChI=1S/C29H38N2O6S/c1-28(2)23-12-13-29(28,26(32)16-23)21-38(34,35)31(19-25-11-7-15-37-25)20-27(33)30(18-24-10-6-14-36-24)17-22-8-4-3-5-9-22/h3-6,8-10,14,23,25H,7,11-13,15-21H2,1-2H3. The smallest absolute Gasteiger partial charge is 0.238 e. The number of carbonyl (C=O) groups excluding carboxylic acids is 2. The molecule has 1 amide bonds. The van der Waals surface area contributed by atoms with Crippen LogP contribution in [0.3, 0.4) is 0 Å². The number of nitrogens with zero attached hydrogens (tertiary/aromatic N) is 2. The number of ether oxygens (including phenoxy) is 1. The fourth-order valence-corrected chi connectivity index (χ4v) is 8.86. The van der Waals surface area contributed by atoms with E-state index in [2.05, 4.69) is 0 Å². The van der Waals surface area contributed by atoms with Gasteiger partial charge in [-0.15, -0.1) is 0 Å². The van der Waals surface area contributed by atoms with Gasteiger partial charge in [-0.25, -0.2) is 8.42 Å². The summed E-state index contributed by atoms with van der Waals surface area (Å²) < 4.78 is 40.7. The molecular formula is C29H38N2O6S. The van der Waals surface area contributed by atoms with Crippen LogP contribution in [0.25, 0.3) is 0 Å². The SMILES string of the molecule is CC1(C)C2CCC1(CS(=O)(=O)N(CC(=O)N(Cc1ccccc1)Cc1ccco1)CC1CCCO1)C(=O)C2. The Morgan fingerprint density at radius 1 is 1.08 bits per heavy atom. The third-order valence-electron chi connectivity index (χ3n) is 9.20. The lowest BCUT2D eigenvalue weighted by Crippen LogP contribution is -2.50. The molecule has 206 valence electrons. The van der Waals surface area contributed by atoms with Crippen LogP contribution >= 0.6 is 0 Å². The predicted molar refractivity (Wildman–Crippen MR) is 142 cm³/mol. The van der Waals surface area contributed by atoms with Crippen molar-refractivity contribution < 1.29 is 27.2 Å². The average molecular weight is 543 g/mol. The van der Waals surface area contributed by atoms with E-state index in [1.54, 1.807) is 23.3 Å². The number of Topliss-reactive ketones (excluding diaryl/α,β-unsaturated/α-hetero) is 1. The lowest BCUT2D eigenvalue weighted by molar-refractivity contribution is -0.133. The quantitative estimate of drug-likeness (QED) is 0.426. The molecule has 3 atom stereocenters. The van der Waals surface area contributed by atoms with Crippen LogP contribution < -0.4 is 0 Å². The van der Waals surface area contributed by atoms with Gasteiger partial charge in [-0.1, -0.05) is 44.2 Å². The molecule has 2 aliphatic carbocycles. The Balaban J connectivity index is 1.40. The topological polar surface area (TPSA) is 97.1 Å². The van der Waals surface area contributed by atoms with Crippen molar-refractivity contribution in [2.75, 3.05) is 25.4 Å². The van der Waals surface area contributed by atoms with Crippen molar-refractivity contribution >= 4 is 21.7 Å². The van der Waals surface area contributed by atoms with Gasteiger partial charge in [-0.2, -0.15) is 4.31 Å². The predicted octanol–water partition coefficient (Wildman–Crippen LogP) is 4.01. The number of sulfonamides is 1. The Hall–Kier alpha value is -2.49. The number of hydrogen-bond acceptors (Lipinski definition) is 6. The largest absolute Gasteiger partial charge is 0.467 e. The summed E-state index contributed by atoms with van der Waals surface area (Å²) in [4.78, 5) is 28.5. The third kappa shape index (κ3) is 5.20. The molecule has 3 aliphatic rings. The fraction of sp³-hybridized carbons (Fsp3) is 0.586. The average Bonchev–Trinajstić information content (AvgIpc) is 3.65. The Labute approximate surface area is 225 Å². The molecule has 9 heteroatoms. The maximum Gasteiger partial charge on any atom is 0.238 e. The van der Waals surface area contributed by atoms with Crippen molar-refractivity contribution in [2.24, 2.45) is 16.7 Å². The summed E-state index contributed by atoms with van der Waals surface area (Å²) >= 11 is 0. The van der Waals surface area contributed by atoms with Gasteiger partial charge in [0.05, 0.1) is 31.2 Å². The number of ketones is 1. The van der Waals surface area contributed by atoms with Crippen LogP contribution in [0.2, 0.25) is 0 Å². The molecule has 2 saturated carbocycles. The van der Waals surface area contributed by atoms with Crippen LogP contribution in [0.1, 0.15) is 57.3 Å². The van der Waals surface area contributed by atoms with E-state index in [-0.39, 0.29) is 54.5 Å². The van der Waals surface area contributed by atoms with E-state index in [4.69, 9.17) is 9.15 Å². The van der Waals surface area contributed by atoms with E-state index in [1.165, 1.54) is 4.31 Å². The fourth-order valence-electron chi connectivity index (χ4n) is 6.68. The molecule has 38 heavy (non-hydrogen) atoms. The monoisotopic (exact) mass is 542 g/mol. The number of hydrogen-bond donors (Lipinski definition) is 0. The van der Waals surface area contributed by atoms with Gasteiger partial charge in [0.15, 0.2) is 0 Å². The number of carbonyl (C=O) groups is 2. The van der Waals surface area contributed by atoms with E-state index in [0.29, 0.717) is 31.8 Å². The number of fused-ring (bicyclic) bond motifs is 2. The second kappa shape index (κ2) is 10.6. The molecule has 2 bridgehead atoms. The zero-order valence-corrected chi connectivity index (χ0v) is 23.1. The summed E-state index contributed by atoms with van der Waals surface area (Å²) in [6, 6.07) is 13.2. The molecule has 0 radical (unpaired) electrons. The van der Waals surface area contributed by atoms with Gasteiger partial charge in [-0.05, 0) is 54.7 Å². The highest BCUT2D eigenvalue weighted by Gasteiger charge is 2.65. The first-order valence-corrected chi connectivity index (χ1v) is 15.2. The first-order valence-electron chi connectivity index (χ1n) is 13.6. The molecule has 3 fully saturated rings. The maximum atomic E-state index is 14.1. The number of benzene rings is 1. The normalized spacial score (nSPS) is 26.3. The molecule has 5 rings (SSSR count). The summed E-state index contributed by atoms with van der Waals surface area (Å²) in [5.74, 6) is 0.323. The molecule has 3 unspecified atom stereocenters. The maximum absolute atomic E-state index is 14.1. The zero-order chi connectivity index (χ0) is 27.0. The van der Waals surface area contributed by atoms with Crippen molar-refractivity contribution in [2.45, 2.75) is 65.1 Å². The molecule has 8 nitrogen and oxygen atoms in total. The highest BCUT2D eigenvalue weighted by atomic mass is 32.2. The summed E-state index contributed by atoms with van der Waals surface area (Å²) in [5.41, 5.74) is -0.336. The minimum atomic E-state index is -3.94. The van der Waals surface area contributed by atoms with Gasteiger partial charge in [0.2, 0.25) is 15.9 Å². The van der Waals surface area contributed by atoms with Gasteiger partial charge in [-0.3, -0.25) is 9.59 Å². The number of furan rings is 1. The Morgan fingerprint density at radius 3 is 2.47 bits per heavy atom. The van der Waals surface area contributed by atoms with Crippen molar-refractivity contribution in [1.29, 1.82) is 0 Å². The molecule has 1 aliphatic heterocycles. The highest BCUT2D eigenvalue weighted by Crippen LogP contribution is 2.64. The Kier molecular flexibility index (Phi) is 7.55. The van der Waals surface area contributed by atoms with Gasteiger partial charge in [0.1, 0.15) is 11.5 Å². The zero-order valence-electron chi connectivity index (χ0n) is 22.3. The van der Waals surface area contributed by atoms with Gasteiger partial charge in [0, 0.05) is 31.5 Å². The van der Waals surface area contributed by atoms with Crippen LogP contribution in [0, 0.1) is 16.7 Å². The van der Waals surface area contributed by atoms with Crippen molar-refractivity contribution in [3.63, 3.8) is 0 Å². The number of amides is 1. The molecule has 1 aromatic heterocycles. The van der Waals surface area contributed by atoms with Crippen LogP contribution in [0.5, 0.6) is 0 Å². The first-order chi connectivity index (χ1) is 18.1. The Morgan fingerprint density at radius 2 is 1.87 bits per heavy atom. The van der Waals surface area contributed by atoms with Crippen molar-refractivity contribution in [3.8, 4) is 0 Å². The van der Waals surface area contributed by atoms with E-state index in [1.807, 2.05) is 44.2 Å².